The van der Waals surface area contributed by atoms with Crippen LogP contribution in [0.1, 0.15) is 49.8 Å². The van der Waals surface area contributed by atoms with E-state index in [0.717, 1.165) is 17.5 Å². The van der Waals surface area contributed by atoms with Crippen LogP contribution < -0.4 is 5.73 Å². The fraction of sp³-hybridized carbons (Fsp3) is 0.458. The first-order chi connectivity index (χ1) is 13.9. The SMILES string of the molecule is CC(C)(C)OC(=O)N1CCC(c2ccccc2)C(OCc2ccccc2CN)C1. The van der Waals surface area contributed by atoms with Crippen LogP contribution in [0.4, 0.5) is 4.79 Å². The van der Waals surface area contributed by atoms with Crippen LogP contribution >= 0.6 is 0 Å². The molecule has 156 valence electrons. The van der Waals surface area contributed by atoms with Crippen LogP contribution in [0.25, 0.3) is 0 Å². The van der Waals surface area contributed by atoms with Gasteiger partial charge in [0.25, 0.3) is 0 Å². The summed E-state index contributed by atoms with van der Waals surface area (Å²) >= 11 is 0. The zero-order valence-electron chi connectivity index (χ0n) is 17.6. The summed E-state index contributed by atoms with van der Waals surface area (Å²) < 4.78 is 12.0. The number of rotatable bonds is 5. The van der Waals surface area contributed by atoms with Gasteiger partial charge in [-0.2, -0.15) is 0 Å². The molecule has 1 aliphatic heterocycles. The van der Waals surface area contributed by atoms with Crippen molar-refractivity contribution < 1.29 is 14.3 Å². The molecule has 1 fully saturated rings. The molecule has 0 radical (unpaired) electrons. The van der Waals surface area contributed by atoms with Gasteiger partial charge in [0, 0.05) is 19.0 Å². The molecule has 3 rings (SSSR count). The predicted molar refractivity (Wildman–Crippen MR) is 115 cm³/mol. The van der Waals surface area contributed by atoms with E-state index in [1.165, 1.54) is 5.56 Å². The first kappa shape index (κ1) is 21.3. The lowest BCUT2D eigenvalue weighted by atomic mass is 9.87. The Kier molecular flexibility index (Phi) is 6.93. The second kappa shape index (κ2) is 9.42. The molecular weight excluding hydrogens is 364 g/mol. The molecule has 1 heterocycles. The van der Waals surface area contributed by atoms with E-state index in [1.807, 2.05) is 51.1 Å². The molecule has 1 saturated heterocycles. The van der Waals surface area contributed by atoms with Crippen molar-refractivity contribution in [2.45, 2.75) is 58.0 Å². The molecule has 2 unspecified atom stereocenters. The van der Waals surface area contributed by atoms with E-state index in [9.17, 15) is 4.79 Å². The van der Waals surface area contributed by atoms with Crippen LogP contribution in [0.5, 0.6) is 0 Å². The molecule has 5 nitrogen and oxygen atoms in total. The molecule has 1 amide bonds. The summed E-state index contributed by atoms with van der Waals surface area (Å²) in [6, 6.07) is 18.5. The normalized spacial score (nSPS) is 19.8. The minimum atomic E-state index is -0.510. The van der Waals surface area contributed by atoms with Gasteiger partial charge in [-0.15, -0.1) is 0 Å². The van der Waals surface area contributed by atoms with Crippen LogP contribution in [0.3, 0.4) is 0 Å². The molecule has 1 aliphatic rings. The van der Waals surface area contributed by atoms with E-state index in [1.54, 1.807) is 4.90 Å². The second-order valence-corrected chi connectivity index (χ2v) is 8.55. The number of carbonyl (C=O) groups excluding carboxylic acids is 1. The van der Waals surface area contributed by atoms with E-state index >= 15 is 0 Å². The Morgan fingerprint density at radius 1 is 1.07 bits per heavy atom. The monoisotopic (exact) mass is 396 g/mol. The summed E-state index contributed by atoms with van der Waals surface area (Å²) in [7, 11) is 0. The number of likely N-dealkylation sites (tertiary alicyclic amines) is 1. The fourth-order valence-corrected chi connectivity index (χ4v) is 3.75. The van der Waals surface area contributed by atoms with Crippen molar-refractivity contribution in [3.8, 4) is 0 Å². The quantitative estimate of drug-likeness (QED) is 0.811. The smallest absolute Gasteiger partial charge is 0.410 e. The summed E-state index contributed by atoms with van der Waals surface area (Å²) in [5.41, 5.74) is 8.79. The lowest BCUT2D eigenvalue weighted by Gasteiger charge is -2.39. The number of nitrogens with zero attached hydrogens (tertiary/aromatic N) is 1. The zero-order valence-corrected chi connectivity index (χ0v) is 17.6. The van der Waals surface area contributed by atoms with Crippen molar-refractivity contribution in [2.75, 3.05) is 13.1 Å². The highest BCUT2D eigenvalue weighted by Crippen LogP contribution is 2.32. The van der Waals surface area contributed by atoms with Gasteiger partial charge in [0.05, 0.1) is 19.3 Å². The van der Waals surface area contributed by atoms with Crippen molar-refractivity contribution in [3.05, 3.63) is 71.3 Å². The average molecular weight is 397 g/mol. The third-order valence-corrected chi connectivity index (χ3v) is 5.23. The summed E-state index contributed by atoms with van der Waals surface area (Å²) in [6.45, 7) is 7.80. The number of amides is 1. The van der Waals surface area contributed by atoms with Crippen molar-refractivity contribution in [3.63, 3.8) is 0 Å². The maximum atomic E-state index is 12.6. The van der Waals surface area contributed by atoms with Gasteiger partial charge < -0.3 is 20.1 Å². The number of carbonyl (C=O) groups is 1. The molecule has 29 heavy (non-hydrogen) atoms. The van der Waals surface area contributed by atoms with Crippen LogP contribution in [-0.4, -0.2) is 35.8 Å². The summed E-state index contributed by atoms with van der Waals surface area (Å²) in [5, 5.41) is 0. The third-order valence-electron chi connectivity index (χ3n) is 5.23. The van der Waals surface area contributed by atoms with Crippen LogP contribution in [0.15, 0.2) is 54.6 Å². The molecule has 0 aliphatic carbocycles. The third kappa shape index (κ3) is 5.81. The fourth-order valence-electron chi connectivity index (χ4n) is 3.75. The largest absolute Gasteiger partial charge is 0.444 e. The van der Waals surface area contributed by atoms with Gasteiger partial charge in [0.1, 0.15) is 5.60 Å². The van der Waals surface area contributed by atoms with Gasteiger partial charge >= 0.3 is 6.09 Å². The molecule has 2 atom stereocenters. The van der Waals surface area contributed by atoms with E-state index in [2.05, 4.69) is 24.3 Å². The Bertz CT molecular complexity index is 801. The molecule has 2 N–H and O–H groups in total. The number of hydrogen-bond donors (Lipinski definition) is 1. The molecule has 2 aromatic carbocycles. The van der Waals surface area contributed by atoms with Gasteiger partial charge in [-0.25, -0.2) is 4.79 Å². The van der Waals surface area contributed by atoms with E-state index in [-0.39, 0.29) is 18.1 Å². The average Bonchev–Trinajstić information content (AvgIpc) is 2.71. The van der Waals surface area contributed by atoms with Crippen LogP contribution in [0.2, 0.25) is 0 Å². The van der Waals surface area contributed by atoms with Gasteiger partial charge in [-0.3, -0.25) is 0 Å². The highest BCUT2D eigenvalue weighted by Gasteiger charge is 2.35. The maximum absolute atomic E-state index is 12.6. The lowest BCUT2D eigenvalue weighted by Crippen LogP contribution is -2.48. The summed E-state index contributed by atoms with van der Waals surface area (Å²) in [6.07, 6.45) is 0.455. The predicted octanol–water partition coefficient (Wildman–Crippen LogP) is 4.46. The number of ether oxygens (including phenoxy) is 2. The Morgan fingerprint density at radius 3 is 2.38 bits per heavy atom. The van der Waals surface area contributed by atoms with Crippen molar-refractivity contribution >= 4 is 6.09 Å². The molecule has 5 heteroatoms. The van der Waals surface area contributed by atoms with Gasteiger partial charge in [0.15, 0.2) is 0 Å². The highest BCUT2D eigenvalue weighted by atomic mass is 16.6. The molecule has 2 aromatic rings. The van der Waals surface area contributed by atoms with Gasteiger partial charge in [-0.1, -0.05) is 54.6 Å². The minimum absolute atomic E-state index is 0.107. The van der Waals surface area contributed by atoms with Crippen molar-refractivity contribution in [2.24, 2.45) is 5.73 Å². The number of hydrogen-bond acceptors (Lipinski definition) is 4. The molecular formula is C24H32N2O3. The number of piperidine rings is 1. The Hall–Kier alpha value is -2.37. The van der Waals surface area contributed by atoms with Gasteiger partial charge in [-0.05, 0) is 43.9 Å². The van der Waals surface area contributed by atoms with E-state index in [4.69, 9.17) is 15.2 Å². The van der Waals surface area contributed by atoms with E-state index < -0.39 is 5.60 Å². The lowest BCUT2D eigenvalue weighted by molar-refractivity contribution is -0.0361. The summed E-state index contributed by atoms with van der Waals surface area (Å²) in [4.78, 5) is 14.4. The standard InChI is InChI=1S/C24H32N2O3/c1-24(2,3)29-23(27)26-14-13-21(18-9-5-4-6-10-18)22(16-26)28-17-20-12-8-7-11-19(20)15-25/h4-12,21-22H,13-17,25H2,1-3H3. The molecule has 0 aromatic heterocycles. The Morgan fingerprint density at radius 2 is 1.72 bits per heavy atom. The van der Waals surface area contributed by atoms with Crippen LogP contribution in [0, 0.1) is 0 Å². The first-order valence-corrected chi connectivity index (χ1v) is 10.3. The molecule has 0 spiro atoms. The van der Waals surface area contributed by atoms with Crippen molar-refractivity contribution in [1.82, 2.24) is 4.90 Å². The van der Waals surface area contributed by atoms with E-state index in [0.29, 0.717) is 26.2 Å². The Balaban J connectivity index is 1.75. The molecule has 0 saturated carbocycles. The topological polar surface area (TPSA) is 64.8 Å². The summed E-state index contributed by atoms with van der Waals surface area (Å²) in [5.74, 6) is 0.236. The molecule has 0 bridgehead atoms. The second-order valence-electron chi connectivity index (χ2n) is 8.55. The number of nitrogens with two attached hydrogens (primary N) is 1. The van der Waals surface area contributed by atoms with Crippen LogP contribution in [-0.2, 0) is 22.6 Å². The maximum Gasteiger partial charge on any atom is 0.410 e. The van der Waals surface area contributed by atoms with Gasteiger partial charge in [0.2, 0.25) is 0 Å². The number of benzene rings is 2. The first-order valence-electron chi connectivity index (χ1n) is 10.3. The highest BCUT2D eigenvalue weighted by molar-refractivity contribution is 5.68. The van der Waals surface area contributed by atoms with Crippen molar-refractivity contribution in [1.29, 1.82) is 0 Å². The minimum Gasteiger partial charge on any atom is -0.444 e. The Labute approximate surface area is 173 Å². The zero-order chi connectivity index (χ0) is 20.9.